The molecule has 0 saturated heterocycles. The van der Waals surface area contributed by atoms with Crippen molar-refractivity contribution in [1.29, 1.82) is 0 Å². The first-order valence-electron chi connectivity index (χ1n) is 8.20. The lowest BCUT2D eigenvalue weighted by Crippen LogP contribution is -1.97. The molecule has 26 heavy (non-hydrogen) atoms. The Morgan fingerprint density at radius 2 is 1.88 bits per heavy atom. The monoisotopic (exact) mass is 365 g/mol. The minimum absolute atomic E-state index is 0.277. The Morgan fingerprint density at radius 3 is 2.62 bits per heavy atom. The van der Waals surface area contributed by atoms with Crippen LogP contribution in [0, 0.1) is 5.82 Å². The number of aromatic nitrogens is 5. The highest BCUT2D eigenvalue weighted by Crippen LogP contribution is 2.32. The van der Waals surface area contributed by atoms with Crippen molar-refractivity contribution in [2.24, 2.45) is 0 Å². The van der Waals surface area contributed by atoms with Gasteiger partial charge in [-0.2, -0.15) is 0 Å². The summed E-state index contributed by atoms with van der Waals surface area (Å²) < 4.78 is 15.4. The second-order valence-electron chi connectivity index (χ2n) is 5.70. The number of fused-ring (bicyclic) bond motifs is 1. The number of halogens is 1. The van der Waals surface area contributed by atoms with Crippen molar-refractivity contribution in [2.45, 2.75) is 18.5 Å². The minimum Gasteiger partial charge on any atom is -0.295 e. The summed E-state index contributed by atoms with van der Waals surface area (Å²) in [6.45, 7) is 2.06. The topological polar surface area (TPSA) is 56.0 Å². The fraction of sp³-hybridized carbons (Fsp3) is 0.158. The Morgan fingerprint density at radius 1 is 1.08 bits per heavy atom. The van der Waals surface area contributed by atoms with Crippen LogP contribution in [0.4, 0.5) is 4.39 Å². The molecule has 0 amide bonds. The van der Waals surface area contributed by atoms with Gasteiger partial charge in [-0.1, -0.05) is 18.7 Å². The van der Waals surface area contributed by atoms with Crippen LogP contribution in [0.15, 0.2) is 54.1 Å². The highest BCUT2D eigenvalue weighted by atomic mass is 32.2. The second-order valence-corrected chi connectivity index (χ2v) is 6.48. The fourth-order valence-electron chi connectivity index (χ4n) is 2.80. The summed E-state index contributed by atoms with van der Waals surface area (Å²) in [4.78, 5) is 18.1. The zero-order valence-corrected chi connectivity index (χ0v) is 15.2. The van der Waals surface area contributed by atoms with Crippen LogP contribution < -0.4 is 0 Å². The van der Waals surface area contributed by atoms with Gasteiger partial charge in [-0.25, -0.2) is 19.3 Å². The molecule has 0 bridgehead atoms. The highest BCUT2D eigenvalue weighted by molar-refractivity contribution is 7.98. The summed E-state index contributed by atoms with van der Waals surface area (Å²) in [5, 5.41) is 0.687. The number of thioether (sulfide) groups is 1. The molecule has 5 nitrogen and oxygen atoms in total. The molecule has 0 radical (unpaired) electrons. The predicted octanol–water partition coefficient (Wildman–Crippen LogP) is 4.28. The molecule has 130 valence electrons. The molecule has 0 unspecified atom stereocenters. The van der Waals surface area contributed by atoms with E-state index in [0.717, 1.165) is 40.4 Å². The Kier molecular flexibility index (Phi) is 4.38. The molecule has 4 rings (SSSR count). The molecule has 0 spiro atoms. The van der Waals surface area contributed by atoms with Crippen LogP contribution >= 0.6 is 11.8 Å². The van der Waals surface area contributed by atoms with Crippen molar-refractivity contribution in [1.82, 2.24) is 24.3 Å². The number of hydrogen-bond donors (Lipinski definition) is 0. The van der Waals surface area contributed by atoms with Gasteiger partial charge in [-0.05, 0) is 43.0 Å². The van der Waals surface area contributed by atoms with E-state index in [2.05, 4.69) is 21.9 Å². The van der Waals surface area contributed by atoms with Crippen LogP contribution in [0.25, 0.3) is 28.3 Å². The van der Waals surface area contributed by atoms with E-state index in [1.165, 1.54) is 23.9 Å². The molecular weight excluding hydrogens is 349 g/mol. The van der Waals surface area contributed by atoms with Crippen molar-refractivity contribution in [2.75, 3.05) is 6.26 Å². The Hall–Kier alpha value is -2.80. The lowest BCUT2D eigenvalue weighted by Gasteiger charge is -2.07. The first-order chi connectivity index (χ1) is 12.7. The molecule has 0 aliphatic rings. The van der Waals surface area contributed by atoms with Crippen molar-refractivity contribution in [3.63, 3.8) is 0 Å². The van der Waals surface area contributed by atoms with E-state index in [1.54, 1.807) is 24.5 Å². The third-order valence-corrected chi connectivity index (χ3v) is 4.66. The molecule has 3 aromatic heterocycles. The van der Waals surface area contributed by atoms with E-state index in [4.69, 9.17) is 4.98 Å². The number of nitrogens with zero attached hydrogens (tertiary/aromatic N) is 5. The number of aryl methyl sites for hydroxylation is 1. The van der Waals surface area contributed by atoms with Crippen LogP contribution in [-0.2, 0) is 6.42 Å². The molecule has 3 heterocycles. The average Bonchev–Trinajstić information content (AvgIpc) is 3.07. The van der Waals surface area contributed by atoms with Gasteiger partial charge in [0.05, 0.1) is 29.0 Å². The van der Waals surface area contributed by atoms with Gasteiger partial charge in [0.25, 0.3) is 0 Å². The average molecular weight is 365 g/mol. The van der Waals surface area contributed by atoms with E-state index in [-0.39, 0.29) is 5.82 Å². The lowest BCUT2D eigenvalue weighted by atomic mass is 10.1. The van der Waals surface area contributed by atoms with Crippen LogP contribution in [0.5, 0.6) is 0 Å². The second kappa shape index (κ2) is 6.84. The zero-order chi connectivity index (χ0) is 18.1. The maximum atomic E-state index is 13.4. The van der Waals surface area contributed by atoms with Crippen LogP contribution in [0.2, 0.25) is 0 Å². The van der Waals surface area contributed by atoms with Gasteiger partial charge in [0, 0.05) is 18.0 Å². The quantitative estimate of drug-likeness (QED) is 0.399. The summed E-state index contributed by atoms with van der Waals surface area (Å²) in [5.41, 5.74) is 4.87. The van der Waals surface area contributed by atoms with E-state index >= 15 is 0 Å². The highest BCUT2D eigenvalue weighted by Gasteiger charge is 2.18. The van der Waals surface area contributed by atoms with Gasteiger partial charge in [0.1, 0.15) is 5.82 Å². The summed E-state index contributed by atoms with van der Waals surface area (Å²) in [5.74, 6) is -0.277. The van der Waals surface area contributed by atoms with Crippen molar-refractivity contribution < 1.29 is 4.39 Å². The Labute approximate surface area is 154 Å². The maximum Gasteiger partial charge on any atom is 0.187 e. The number of imidazole rings is 1. The molecule has 0 atom stereocenters. The van der Waals surface area contributed by atoms with E-state index in [9.17, 15) is 4.39 Å². The number of rotatable bonds is 4. The molecule has 1 aromatic carbocycles. The third kappa shape index (κ3) is 2.94. The van der Waals surface area contributed by atoms with Gasteiger partial charge >= 0.3 is 0 Å². The van der Waals surface area contributed by atoms with E-state index in [0.29, 0.717) is 5.16 Å². The molecule has 7 heteroatoms. The van der Waals surface area contributed by atoms with Crippen molar-refractivity contribution >= 4 is 17.4 Å². The first kappa shape index (κ1) is 16.7. The molecule has 0 N–H and O–H groups in total. The van der Waals surface area contributed by atoms with Gasteiger partial charge in [0.2, 0.25) is 0 Å². The Balaban J connectivity index is 2.02. The largest absolute Gasteiger partial charge is 0.295 e. The smallest absolute Gasteiger partial charge is 0.187 e. The zero-order valence-electron chi connectivity index (χ0n) is 14.3. The molecular formula is C19H16FN5S. The van der Waals surface area contributed by atoms with Gasteiger partial charge in [-0.3, -0.25) is 9.38 Å². The van der Waals surface area contributed by atoms with Crippen LogP contribution in [0.3, 0.4) is 0 Å². The SMILES string of the molecule is CCc1cn2c(-c3ccnc(SC)n3)c(-c3ccc(F)cc3)nc2cn1. The van der Waals surface area contributed by atoms with Crippen molar-refractivity contribution in [3.05, 3.63) is 60.4 Å². The summed E-state index contributed by atoms with van der Waals surface area (Å²) in [7, 11) is 0. The number of benzene rings is 1. The van der Waals surface area contributed by atoms with E-state index in [1.807, 2.05) is 22.9 Å². The summed E-state index contributed by atoms with van der Waals surface area (Å²) in [6.07, 6.45) is 8.23. The van der Waals surface area contributed by atoms with Gasteiger partial charge < -0.3 is 0 Å². The Bertz CT molecular complexity index is 1080. The predicted molar refractivity (Wildman–Crippen MR) is 101 cm³/mol. The molecule has 0 saturated carbocycles. The first-order valence-corrected chi connectivity index (χ1v) is 9.42. The lowest BCUT2D eigenvalue weighted by molar-refractivity contribution is 0.628. The normalized spacial score (nSPS) is 11.2. The van der Waals surface area contributed by atoms with Crippen molar-refractivity contribution in [3.8, 4) is 22.6 Å². The molecule has 0 fully saturated rings. The molecule has 0 aliphatic heterocycles. The number of hydrogen-bond acceptors (Lipinski definition) is 5. The minimum atomic E-state index is -0.277. The standard InChI is InChI=1S/C19H16FN5S/c1-3-14-11-25-16(10-22-14)24-17(12-4-6-13(20)7-5-12)18(25)15-8-9-21-19(23-15)26-2/h4-11H,3H2,1-2H3. The van der Waals surface area contributed by atoms with Gasteiger partial charge in [0.15, 0.2) is 10.8 Å². The van der Waals surface area contributed by atoms with Crippen LogP contribution in [0.1, 0.15) is 12.6 Å². The molecule has 0 aliphatic carbocycles. The molecule has 4 aromatic rings. The summed E-state index contributed by atoms with van der Waals surface area (Å²) >= 11 is 1.48. The fourth-order valence-corrected chi connectivity index (χ4v) is 3.16. The maximum absolute atomic E-state index is 13.4. The van der Waals surface area contributed by atoms with E-state index < -0.39 is 0 Å². The van der Waals surface area contributed by atoms with Crippen LogP contribution in [-0.4, -0.2) is 30.6 Å². The third-order valence-electron chi connectivity index (χ3n) is 4.10. The summed E-state index contributed by atoms with van der Waals surface area (Å²) in [6, 6.07) is 8.19. The van der Waals surface area contributed by atoms with Gasteiger partial charge in [-0.15, -0.1) is 0 Å².